The van der Waals surface area contributed by atoms with Crippen molar-refractivity contribution in [1.29, 1.82) is 0 Å². The number of anilines is 2. The molecular weight excluding hydrogens is 334 g/mol. The fourth-order valence-electron chi connectivity index (χ4n) is 1.94. The van der Waals surface area contributed by atoms with Crippen LogP contribution < -0.4 is 10.6 Å². The lowest BCUT2D eigenvalue weighted by atomic mass is 10.1. The Hall–Kier alpha value is -2.57. The van der Waals surface area contributed by atoms with Gasteiger partial charge in [-0.2, -0.15) is 0 Å². The Balaban J connectivity index is 1.68. The Bertz CT molecular complexity index is 833. The lowest BCUT2D eigenvalue weighted by Crippen LogP contribution is -2.19. The van der Waals surface area contributed by atoms with E-state index in [1.54, 1.807) is 47.8 Å². The zero-order chi connectivity index (χ0) is 16.2. The fraction of sp³-hybridized carbons (Fsp3) is 0. The van der Waals surface area contributed by atoms with Crippen LogP contribution in [0.25, 0.3) is 11.3 Å². The molecule has 0 saturated carbocycles. The highest BCUT2D eigenvalue weighted by molar-refractivity contribution is 7.14. The minimum absolute atomic E-state index is 0.148. The van der Waals surface area contributed by atoms with E-state index in [0.717, 1.165) is 0 Å². The van der Waals surface area contributed by atoms with E-state index in [1.807, 2.05) is 6.07 Å². The van der Waals surface area contributed by atoms with Gasteiger partial charge >= 0.3 is 6.03 Å². The Labute approximate surface area is 141 Å². The first kappa shape index (κ1) is 15.3. The highest BCUT2D eigenvalue weighted by Crippen LogP contribution is 2.31. The number of nitrogens with zero attached hydrogens (tertiary/aromatic N) is 1. The van der Waals surface area contributed by atoms with E-state index in [1.165, 1.54) is 11.3 Å². The zero-order valence-corrected chi connectivity index (χ0v) is 13.4. The summed E-state index contributed by atoms with van der Waals surface area (Å²) < 4.78 is 0. The fourth-order valence-corrected chi connectivity index (χ4v) is 2.77. The van der Waals surface area contributed by atoms with E-state index in [4.69, 9.17) is 11.6 Å². The molecule has 0 aliphatic rings. The molecule has 3 rings (SSSR count). The first-order valence-corrected chi connectivity index (χ1v) is 7.95. The number of hydrogen-bond donors (Lipinski definition) is 3. The number of carbonyl (C=O) groups excluding carboxylic acids is 1. The smallest absolute Gasteiger partial charge is 0.325 e. The van der Waals surface area contributed by atoms with E-state index < -0.39 is 6.03 Å². The highest BCUT2D eigenvalue weighted by atomic mass is 35.5. The number of benzene rings is 2. The van der Waals surface area contributed by atoms with Gasteiger partial charge in [0.2, 0.25) is 0 Å². The second kappa shape index (κ2) is 6.68. The molecule has 2 amide bonds. The third-order valence-corrected chi connectivity index (χ3v) is 4.02. The van der Waals surface area contributed by atoms with Crippen LogP contribution in [0.5, 0.6) is 5.75 Å². The number of para-hydroxylation sites is 1. The van der Waals surface area contributed by atoms with E-state index in [9.17, 15) is 9.90 Å². The molecular formula is C16H12ClN3O2S. The van der Waals surface area contributed by atoms with E-state index in [0.29, 0.717) is 27.1 Å². The summed E-state index contributed by atoms with van der Waals surface area (Å²) in [7, 11) is 0. The number of carbonyl (C=O) groups is 1. The summed E-state index contributed by atoms with van der Waals surface area (Å²) in [5, 5.41) is 18.0. The van der Waals surface area contributed by atoms with Crippen molar-refractivity contribution < 1.29 is 9.90 Å². The number of phenols is 1. The van der Waals surface area contributed by atoms with Crippen molar-refractivity contribution in [3.05, 3.63) is 58.9 Å². The summed E-state index contributed by atoms with van der Waals surface area (Å²) in [5.74, 6) is 0.148. The van der Waals surface area contributed by atoms with Crippen LogP contribution in [0.4, 0.5) is 15.6 Å². The molecule has 0 fully saturated rings. The van der Waals surface area contributed by atoms with Gasteiger partial charge in [-0.3, -0.25) is 5.32 Å². The number of phenolic OH excluding ortho intramolecular Hbond substituents is 1. The average Bonchev–Trinajstić information content (AvgIpc) is 2.98. The van der Waals surface area contributed by atoms with Crippen LogP contribution in [0.2, 0.25) is 5.02 Å². The Morgan fingerprint density at radius 2 is 1.83 bits per heavy atom. The molecule has 0 aliphatic heterocycles. The van der Waals surface area contributed by atoms with Crippen molar-refractivity contribution in [2.45, 2.75) is 0 Å². The van der Waals surface area contributed by atoms with E-state index in [2.05, 4.69) is 15.6 Å². The molecule has 23 heavy (non-hydrogen) atoms. The number of urea groups is 1. The predicted octanol–water partition coefficient (Wildman–Crippen LogP) is 4.81. The monoisotopic (exact) mass is 345 g/mol. The summed E-state index contributed by atoms with van der Waals surface area (Å²) in [6.45, 7) is 0. The minimum atomic E-state index is -0.398. The number of aromatic nitrogens is 1. The van der Waals surface area contributed by atoms with Gasteiger partial charge in [0.05, 0.1) is 5.69 Å². The second-order valence-corrected chi connectivity index (χ2v) is 5.94. The first-order valence-electron chi connectivity index (χ1n) is 6.69. The van der Waals surface area contributed by atoms with Crippen molar-refractivity contribution in [3.8, 4) is 17.0 Å². The largest absolute Gasteiger partial charge is 0.507 e. The average molecular weight is 346 g/mol. The van der Waals surface area contributed by atoms with Gasteiger partial charge in [-0.05, 0) is 36.4 Å². The third-order valence-electron chi connectivity index (χ3n) is 3.01. The number of halogens is 1. The van der Waals surface area contributed by atoms with Crippen molar-refractivity contribution >= 4 is 39.8 Å². The molecule has 3 N–H and O–H groups in total. The number of aromatic hydroxyl groups is 1. The van der Waals surface area contributed by atoms with Gasteiger partial charge in [0, 0.05) is 21.7 Å². The number of amides is 2. The van der Waals surface area contributed by atoms with Crippen molar-refractivity contribution in [3.63, 3.8) is 0 Å². The van der Waals surface area contributed by atoms with Gasteiger partial charge in [-0.1, -0.05) is 23.7 Å². The molecule has 0 atom stereocenters. The van der Waals surface area contributed by atoms with Crippen molar-refractivity contribution in [2.75, 3.05) is 10.6 Å². The molecule has 116 valence electrons. The maximum absolute atomic E-state index is 11.9. The zero-order valence-electron chi connectivity index (χ0n) is 11.8. The predicted molar refractivity (Wildman–Crippen MR) is 93.3 cm³/mol. The van der Waals surface area contributed by atoms with Gasteiger partial charge in [-0.25, -0.2) is 9.78 Å². The summed E-state index contributed by atoms with van der Waals surface area (Å²) >= 11 is 7.07. The molecule has 0 aliphatic carbocycles. The quantitative estimate of drug-likeness (QED) is 0.637. The molecule has 0 bridgehead atoms. The second-order valence-electron chi connectivity index (χ2n) is 4.64. The molecule has 0 radical (unpaired) electrons. The molecule has 0 unspecified atom stereocenters. The maximum Gasteiger partial charge on any atom is 0.325 e. The van der Waals surface area contributed by atoms with Gasteiger partial charge in [-0.15, -0.1) is 11.3 Å². The van der Waals surface area contributed by atoms with Crippen LogP contribution in [-0.2, 0) is 0 Å². The van der Waals surface area contributed by atoms with Crippen LogP contribution in [0.3, 0.4) is 0 Å². The summed E-state index contributed by atoms with van der Waals surface area (Å²) in [6.07, 6.45) is 0. The molecule has 0 saturated heterocycles. The molecule has 0 spiro atoms. The van der Waals surface area contributed by atoms with Crippen LogP contribution in [0.1, 0.15) is 0 Å². The molecule has 2 aromatic carbocycles. The first-order chi connectivity index (χ1) is 11.1. The lowest BCUT2D eigenvalue weighted by molar-refractivity contribution is 0.262. The molecule has 3 aromatic rings. The molecule has 1 heterocycles. The van der Waals surface area contributed by atoms with Crippen LogP contribution >= 0.6 is 22.9 Å². The molecule has 7 heteroatoms. The Kier molecular flexibility index (Phi) is 4.45. The number of rotatable bonds is 3. The summed E-state index contributed by atoms with van der Waals surface area (Å²) in [5.41, 5.74) is 1.86. The van der Waals surface area contributed by atoms with E-state index >= 15 is 0 Å². The number of nitrogens with one attached hydrogen (secondary N) is 2. The van der Waals surface area contributed by atoms with Gasteiger partial charge in [0.15, 0.2) is 5.13 Å². The molecule has 5 nitrogen and oxygen atoms in total. The normalized spacial score (nSPS) is 10.3. The number of hydrogen-bond acceptors (Lipinski definition) is 4. The maximum atomic E-state index is 11.9. The SMILES string of the molecule is O=C(Nc1ccc(Cl)cc1)Nc1nc(-c2ccccc2O)cs1. The summed E-state index contributed by atoms with van der Waals surface area (Å²) in [4.78, 5) is 16.2. The van der Waals surface area contributed by atoms with Gasteiger partial charge in [0.25, 0.3) is 0 Å². The number of thiazole rings is 1. The van der Waals surface area contributed by atoms with Gasteiger partial charge < -0.3 is 10.4 Å². The van der Waals surface area contributed by atoms with Crippen LogP contribution in [0.15, 0.2) is 53.9 Å². The highest BCUT2D eigenvalue weighted by Gasteiger charge is 2.10. The molecule has 1 aromatic heterocycles. The van der Waals surface area contributed by atoms with Crippen LogP contribution in [0, 0.1) is 0 Å². The Morgan fingerprint density at radius 1 is 1.09 bits per heavy atom. The third kappa shape index (κ3) is 3.80. The van der Waals surface area contributed by atoms with Crippen LogP contribution in [-0.4, -0.2) is 16.1 Å². The van der Waals surface area contributed by atoms with Gasteiger partial charge in [0.1, 0.15) is 5.75 Å². The van der Waals surface area contributed by atoms with Crippen molar-refractivity contribution in [2.24, 2.45) is 0 Å². The standard InChI is InChI=1S/C16H12ClN3O2S/c17-10-5-7-11(8-6-10)18-15(22)20-16-19-13(9-23-16)12-3-1-2-4-14(12)21/h1-9,21H,(H2,18,19,20,22). The topological polar surface area (TPSA) is 74.2 Å². The minimum Gasteiger partial charge on any atom is -0.507 e. The Morgan fingerprint density at radius 3 is 2.57 bits per heavy atom. The summed E-state index contributed by atoms with van der Waals surface area (Å²) in [6, 6.07) is 13.3. The van der Waals surface area contributed by atoms with Crippen molar-refractivity contribution in [1.82, 2.24) is 4.98 Å². The lowest BCUT2D eigenvalue weighted by Gasteiger charge is -2.05. The van der Waals surface area contributed by atoms with E-state index in [-0.39, 0.29) is 5.75 Å².